The Morgan fingerprint density at radius 2 is 1.77 bits per heavy atom. The minimum atomic E-state index is -0.501. The second-order valence-corrected chi connectivity index (χ2v) is 5.41. The van der Waals surface area contributed by atoms with Crippen LogP contribution in [0.1, 0.15) is 23.2 Å². The van der Waals surface area contributed by atoms with E-state index < -0.39 is 6.03 Å². The third-order valence-corrected chi connectivity index (χ3v) is 3.86. The zero-order valence-electron chi connectivity index (χ0n) is 12.7. The zero-order chi connectivity index (χ0) is 15.9. The number of hydrogen-bond acceptors (Lipinski definition) is 4. The van der Waals surface area contributed by atoms with Gasteiger partial charge in [-0.05, 0) is 25.9 Å². The lowest BCUT2D eigenvalue weighted by Crippen LogP contribution is -2.46. The molecule has 0 aliphatic carbocycles. The number of benzene rings is 1. The van der Waals surface area contributed by atoms with Gasteiger partial charge in [0.15, 0.2) is 5.78 Å². The molecule has 6 heteroatoms. The molecule has 22 heavy (non-hydrogen) atoms. The topological polar surface area (TPSA) is 78.5 Å². The molecule has 1 aliphatic rings. The van der Waals surface area contributed by atoms with E-state index in [1.165, 1.54) is 7.05 Å². The number of amides is 3. The van der Waals surface area contributed by atoms with E-state index in [1.807, 2.05) is 35.2 Å². The Kier molecular flexibility index (Phi) is 5.66. The summed E-state index contributed by atoms with van der Waals surface area (Å²) in [7, 11) is 1.46. The first-order valence-electron chi connectivity index (χ1n) is 7.43. The number of ketones is 1. The predicted octanol–water partition coefficient (Wildman–Crippen LogP) is 1.04. The summed E-state index contributed by atoms with van der Waals surface area (Å²) in [6, 6.07) is 8.80. The lowest BCUT2D eigenvalue weighted by Gasteiger charge is -2.30. The van der Waals surface area contributed by atoms with E-state index in [9.17, 15) is 14.4 Å². The highest BCUT2D eigenvalue weighted by molar-refractivity contribution is 5.98. The molecule has 0 aromatic heterocycles. The van der Waals surface area contributed by atoms with E-state index in [1.54, 1.807) is 0 Å². The van der Waals surface area contributed by atoms with Gasteiger partial charge in [-0.2, -0.15) is 0 Å². The second-order valence-electron chi connectivity index (χ2n) is 5.41. The van der Waals surface area contributed by atoms with Crippen molar-refractivity contribution >= 4 is 17.7 Å². The van der Waals surface area contributed by atoms with Crippen LogP contribution in [0.5, 0.6) is 0 Å². The van der Waals surface area contributed by atoms with Gasteiger partial charge in [-0.1, -0.05) is 30.3 Å². The lowest BCUT2D eigenvalue weighted by atomic mass is 9.89. The fourth-order valence-electron chi connectivity index (χ4n) is 2.62. The van der Waals surface area contributed by atoms with Crippen molar-refractivity contribution in [1.29, 1.82) is 0 Å². The Hall–Kier alpha value is -2.21. The monoisotopic (exact) mass is 303 g/mol. The summed E-state index contributed by atoms with van der Waals surface area (Å²) in [5, 5.41) is 4.58. The van der Waals surface area contributed by atoms with Gasteiger partial charge in [0.25, 0.3) is 0 Å². The van der Waals surface area contributed by atoms with Crippen molar-refractivity contribution in [2.45, 2.75) is 12.8 Å². The molecule has 1 saturated heterocycles. The average Bonchev–Trinajstić information content (AvgIpc) is 2.55. The van der Waals surface area contributed by atoms with Crippen LogP contribution in [-0.2, 0) is 4.79 Å². The fraction of sp³-hybridized carbons (Fsp3) is 0.438. The molecule has 2 N–H and O–H groups in total. The van der Waals surface area contributed by atoms with Gasteiger partial charge < -0.3 is 5.32 Å². The molecule has 3 amide bonds. The van der Waals surface area contributed by atoms with Crippen LogP contribution in [0.3, 0.4) is 0 Å². The minimum Gasteiger partial charge on any atom is -0.341 e. The van der Waals surface area contributed by atoms with E-state index in [2.05, 4.69) is 10.6 Å². The Morgan fingerprint density at radius 3 is 2.36 bits per heavy atom. The maximum atomic E-state index is 12.4. The van der Waals surface area contributed by atoms with Gasteiger partial charge in [-0.3, -0.25) is 19.8 Å². The Morgan fingerprint density at radius 1 is 1.14 bits per heavy atom. The molecule has 1 heterocycles. The Balaban J connectivity index is 1.79. The highest BCUT2D eigenvalue weighted by atomic mass is 16.2. The van der Waals surface area contributed by atoms with Crippen molar-refractivity contribution in [2.75, 3.05) is 26.7 Å². The third kappa shape index (κ3) is 4.39. The largest absolute Gasteiger partial charge is 0.341 e. The van der Waals surface area contributed by atoms with Crippen LogP contribution >= 0.6 is 0 Å². The number of nitrogens with zero attached hydrogens (tertiary/aromatic N) is 1. The van der Waals surface area contributed by atoms with E-state index in [0.29, 0.717) is 13.1 Å². The average molecular weight is 303 g/mol. The van der Waals surface area contributed by atoms with Crippen LogP contribution in [0.15, 0.2) is 30.3 Å². The van der Waals surface area contributed by atoms with E-state index in [4.69, 9.17) is 0 Å². The first-order valence-corrected chi connectivity index (χ1v) is 7.43. The predicted molar refractivity (Wildman–Crippen MR) is 82.5 cm³/mol. The van der Waals surface area contributed by atoms with Crippen molar-refractivity contribution in [3.05, 3.63) is 35.9 Å². The Bertz CT molecular complexity index is 537. The van der Waals surface area contributed by atoms with E-state index in [-0.39, 0.29) is 24.2 Å². The van der Waals surface area contributed by atoms with Gasteiger partial charge >= 0.3 is 6.03 Å². The summed E-state index contributed by atoms with van der Waals surface area (Å²) >= 11 is 0. The van der Waals surface area contributed by atoms with Gasteiger partial charge in [0, 0.05) is 18.5 Å². The van der Waals surface area contributed by atoms with Crippen LogP contribution < -0.4 is 10.6 Å². The first-order chi connectivity index (χ1) is 10.6. The molecule has 1 fully saturated rings. The van der Waals surface area contributed by atoms with Crippen LogP contribution in [0.2, 0.25) is 0 Å². The number of rotatable bonds is 4. The van der Waals surface area contributed by atoms with Crippen LogP contribution in [0, 0.1) is 5.92 Å². The zero-order valence-corrected chi connectivity index (χ0v) is 12.7. The Labute approximate surface area is 129 Å². The van der Waals surface area contributed by atoms with Crippen molar-refractivity contribution in [1.82, 2.24) is 15.5 Å². The van der Waals surface area contributed by atoms with Gasteiger partial charge in [0.2, 0.25) is 5.91 Å². The quantitative estimate of drug-likeness (QED) is 0.815. The second kappa shape index (κ2) is 7.70. The van der Waals surface area contributed by atoms with Gasteiger partial charge in [-0.25, -0.2) is 4.79 Å². The minimum absolute atomic E-state index is 0.0145. The molecule has 1 aliphatic heterocycles. The van der Waals surface area contributed by atoms with E-state index in [0.717, 1.165) is 18.4 Å². The molecule has 1 aromatic carbocycles. The molecule has 0 saturated carbocycles. The molecule has 0 unspecified atom stereocenters. The maximum Gasteiger partial charge on any atom is 0.321 e. The summed E-state index contributed by atoms with van der Waals surface area (Å²) in [6.07, 6.45) is 1.47. The third-order valence-electron chi connectivity index (χ3n) is 3.86. The summed E-state index contributed by atoms with van der Waals surface area (Å²) in [4.78, 5) is 37.0. The molecular weight excluding hydrogens is 282 g/mol. The molecule has 0 radical (unpaired) electrons. The molecule has 0 spiro atoms. The molecule has 6 nitrogen and oxygen atoms in total. The van der Waals surface area contributed by atoms with Gasteiger partial charge in [0.1, 0.15) is 0 Å². The van der Waals surface area contributed by atoms with Crippen molar-refractivity contribution in [2.24, 2.45) is 5.92 Å². The SMILES string of the molecule is CNC(=O)NC(=O)CN1CCC(C(=O)c2ccccc2)CC1. The normalized spacial score (nSPS) is 16.0. The van der Waals surface area contributed by atoms with Gasteiger partial charge in [0.05, 0.1) is 6.54 Å². The number of urea groups is 1. The highest BCUT2D eigenvalue weighted by Crippen LogP contribution is 2.21. The summed E-state index contributed by atoms with van der Waals surface area (Å²) in [6.45, 7) is 1.55. The number of piperidine rings is 1. The van der Waals surface area contributed by atoms with E-state index >= 15 is 0 Å². The summed E-state index contributed by atoms with van der Waals surface area (Å²) in [5.41, 5.74) is 0.748. The number of carbonyl (C=O) groups excluding carboxylic acids is 3. The molecule has 1 aromatic rings. The number of likely N-dealkylation sites (tertiary alicyclic amines) is 1. The van der Waals surface area contributed by atoms with Crippen LogP contribution in [0.25, 0.3) is 0 Å². The standard InChI is InChI=1S/C16H21N3O3/c1-17-16(22)18-14(20)11-19-9-7-13(8-10-19)15(21)12-5-3-2-4-6-12/h2-6,13H,7-11H2,1H3,(H2,17,18,20,22). The number of carbonyl (C=O) groups is 3. The number of imide groups is 1. The summed E-state index contributed by atoms with van der Waals surface area (Å²) < 4.78 is 0. The van der Waals surface area contributed by atoms with Crippen LogP contribution in [0.4, 0.5) is 4.79 Å². The number of nitrogens with one attached hydrogen (secondary N) is 2. The highest BCUT2D eigenvalue weighted by Gasteiger charge is 2.26. The fourth-order valence-corrected chi connectivity index (χ4v) is 2.62. The van der Waals surface area contributed by atoms with Crippen molar-refractivity contribution in [3.63, 3.8) is 0 Å². The number of Topliss-reactive ketones (excluding diaryl/α,β-unsaturated/α-hetero) is 1. The lowest BCUT2D eigenvalue weighted by molar-refractivity contribution is -0.121. The molecule has 2 rings (SSSR count). The molecule has 118 valence electrons. The van der Waals surface area contributed by atoms with Gasteiger partial charge in [-0.15, -0.1) is 0 Å². The maximum absolute atomic E-state index is 12.4. The van der Waals surface area contributed by atoms with Crippen LogP contribution in [-0.4, -0.2) is 49.3 Å². The van der Waals surface area contributed by atoms with Crippen molar-refractivity contribution in [3.8, 4) is 0 Å². The smallest absolute Gasteiger partial charge is 0.321 e. The molecule has 0 bridgehead atoms. The molecule has 0 atom stereocenters. The van der Waals surface area contributed by atoms with Crippen molar-refractivity contribution < 1.29 is 14.4 Å². The number of hydrogen-bond donors (Lipinski definition) is 2. The molecular formula is C16H21N3O3. The first kappa shape index (κ1) is 16.2. The summed E-state index contributed by atoms with van der Waals surface area (Å²) in [5.74, 6) is -0.136.